The van der Waals surface area contributed by atoms with Gasteiger partial charge in [0.2, 0.25) is 11.7 Å². The summed E-state index contributed by atoms with van der Waals surface area (Å²) in [5.41, 5.74) is 2.27. The summed E-state index contributed by atoms with van der Waals surface area (Å²) < 4.78 is 7.69. The number of rotatable bonds is 3. The standard InChI is InChI=1S/C17H19N3O/c1-11(2)20-9-8-13-10-14(6-7-15(13)20)16-18-17(21-19-16)12-4-3-5-12/h6-12H,3-5H2,1-2H3. The molecule has 21 heavy (non-hydrogen) atoms. The first-order valence-corrected chi connectivity index (χ1v) is 7.67. The molecule has 0 saturated heterocycles. The first-order valence-electron chi connectivity index (χ1n) is 7.67. The molecule has 1 aromatic carbocycles. The molecule has 2 aromatic heterocycles. The fraction of sp³-hybridized carbons (Fsp3) is 0.412. The van der Waals surface area contributed by atoms with Crippen molar-refractivity contribution in [1.82, 2.24) is 14.7 Å². The minimum absolute atomic E-state index is 0.462. The van der Waals surface area contributed by atoms with Crippen molar-refractivity contribution in [2.75, 3.05) is 0 Å². The molecule has 0 spiro atoms. The van der Waals surface area contributed by atoms with E-state index in [9.17, 15) is 0 Å². The Morgan fingerprint density at radius 3 is 2.81 bits per heavy atom. The number of benzene rings is 1. The third-order valence-electron chi connectivity index (χ3n) is 4.43. The van der Waals surface area contributed by atoms with E-state index in [2.05, 4.69) is 59.0 Å². The molecule has 108 valence electrons. The number of hydrogen-bond acceptors (Lipinski definition) is 3. The van der Waals surface area contributed by atoms with Gasteiger partial charge in [0.1, 0.15) is 0 Å². The second-order valence-corrected chi connectivity index (χ2v) is 6.17. The van der Waals surface area contributed by atoms with Crippen LogP contribution in [0.25, 0.3) is 22.3 Å². The van der Waals surface area contributed by atoms with E-state index in [0.717, 1.165) is 11.5 Å². The second kappa shape index (κ2) is 4.72. The molecule has 4 nitrogen and oxygen atoms in total. The zero-order valence-electron chi connectivity index (χ0n) is 12.4. The molecule has 1 saturated carbocycles. The summed E-state index contributed by atoms with van der Waals surface area (Å²) in [6, 6.07) is 8.97. The molecule has 4 rings (SSSR count). The lowest BCUT2D eigenvalue weighted by Crippen LogP contribution is -2.08. The Morgan fingerprint density at radius 2 is 2.10 bits per heavy atom. The molecule has 0 unspecified atom stereocenters. The number of nitrogens with zero attached hydrogens (tertiary/aromatic N) is 3. The highest BCUT2D eigenvalue weighted by Crippen LogP contribution is 2.36. The number of aromatic nitrogens is 3. The van der Waals surface area contributed by atoms with Crippen molar-refractivity contribution in [3.8, 4) is 11.4 Å². The van der Waals surface area contributed by atoms with Crippen LogP contribution in [-0.2, 0) is 0 Å². The van der Waals surface area contributed by atoms with Gasteiger partial charge < -0.3 is 9.09 Å². The van der Waals surface area contributed by atoms with E-state index in [-0.39, 0.29) is 0 Å². The fourth-order valence-electron chi connectivity index (χ4n) is 2.93. The molecule has 4 heteroatoms. The summed E-state index contributed by atoms with van der Waals surface area (Å²) in [4.78, 5) is 4.57. The Bertz CT molecular complexity index is 780. The van der Waals surface area contributed by atoms with E-state index < -0.39 is 0 Å². The molecular formula is C17H19N3O. The number of fused-ring (bicyclic) bond motifs is 1. The van der Waals surface area contributed by atoms with Crippen LogP contribution >= 0.6 is 0 Å². The van der Waals surface area contributed by atoms with E-state index in [1.807, 2.05) is 0 Å². The van der Waals surface area contributed by atoms with Crippen LogP contribution in [0.5, 0.6) is 0 Å². The Hall–Kier alpha value is -2.10. The van der Waals surface area contributed by atoms with E-state index in [0.29, 0.717) is 17.8 Å². The van der Waals surface area contributed by atoms with Crippen LogP contribution < -0.4 is 0 Å². The molecule has 0 radical (unpaired) electrons. The summed E-state index contributed by atoms with van der Waals surface area (Å²) in [6.45, 7) is 4.38. The second-order valence-electron chi connectivity index (χ2n) is 6.17. The van der Waals surface area contributed by atoms with Gasteiger partial charge in [-0.1, -0.05) is 11.6 Å². The molecule has 1 fully saturated rings. The predicted molar refractivity (Wildman–Crippen MR) is 82.2 cm³/mol. The van der Waals surface area contributed by atoms with Gasteiger partial charge in [-0.15, -0.1) is 0 Å². The van der Waals surface area contributed by atoms with Crippen LogP contribution in [0.15, 0.2) is 35.0 Å². The summed E-state index contributed by atoms with van der Waals surface area (Å²) in [5, 5.41) is 5.36. The quantitative estimate of drug-likeness (QED) is 0.708. The zero-order chi connectivity index (χ0) is 14.4. The van der Waals surface area contributed by atoms with Gasteiger partial charge in [0, 0.05) is 34.6 Å². The lowest BCUT2D eigenvalue weighted by Gasteiger charge is -2.20. The van der Waals surface area contributed by atoms with Gasteiger partial charge in [-0.2, -0.15) is 4.98 Å². The van der Waals surface area contributed by atoms with Gasteiger partial charge in [-0.05, 0) is 51.0 Å². The Morgan fingerprint density at radius 1 is 1.24 bits per heavy atom. The van der Waals surface area contributed by atoms with Crippen LogP contribution in [0, 0.1) is 0 Å². The van der Waals surface area contributed by atoms with E-state index in [4.69, 9.17) is 4.52 Å². The summed E-state index contributed by atoms with van der Waals surface area (Å²) in [5.74, 6) is 1.99. The molecule has 0 amide bonds. The van der Waals surface area contributed by atoms with Crippen molar-refractivity contribution in [2.24, 2.45) is 0 Å². The average Bonchev–Trinajstić information content (AvgIpc) is 3.02. The molecular weight excluding hydrogens is 262 g/mol. The Balaban J connectivity index is 1.71. The van der Waals surface area contributed by atoms with Gasteiger partial charge >= 0.3 is 0 Å². The number of hydrogen-bond donors (Lipinski definition) is 0. The highest BCUT2D eigenvalue weighted by atomic mass is 16.5. The van der Waals surface area contributed by atoms with Gasteiger partial charge in [-0.25, -0.2) is 0 Å². The molecule has 3 aromatic rings. The summed E-state index contributed by atoms with van der Waals surface area (Å²) >= 11 is 0. The normalized spacial score (nSPS) is 15.8. The van der Waals surface area contributed by atoms with Crippen LogP contribution in [-0.4, -0.2) is 14.7 Å². The lowest BCUT2D eigenvalue weighted by molar-refractivity contribution is 0.292. The lowest BCUT2D eigenvalue weighted by atomic mass is 9.85. The largest absolute Gasteiger partial charge is 0.345 e. The highest BCUT2D eigenvalue weighted by molar-refractivity contribution is 5.84. The van der Waals surface area contributed by atoms with Crippen LogP contribution in [0.2, 0.25) is 0 Å². The van der Waals surface area contributed by atoms with Crippen LogP contribution in [0.4, 0.5) is 0 Å². The Kier molecular flexibility index (Phi) is 2.84. The minimum Gasteiger partial charge on any atom is -0.345 e. The smallest absolute Gasteiger partial charge is 0.230 e. The minimum atomic E-state index is 0.462. The molecule has 0 atom stereocenters. The van der Waals surface area contributed by atoms with Crippen molar-refractivity contribution in [3.63, 3.8) is 0 Å². The zero-order valence-corrected chi connectivity index (χ0v) is 12.4. The van der Waals surface area contributed by atoms with Gasteiger partial charge in [-0.3, -0.25) is 0 Å². The summed E-state index contributed by atoms with van der Waals surface area (Å²) in [6.07, 6.45) is 5.77. The first kappa shape index (κ1) is 12.6. The van der Waals surface area contributed by atoms with E-state index >= 15 is 0 Å². The fourth-order valence-corrected chi connectivity index (χ4v) is 2.93. The maximum atomic E-state index is 5.41. The average molecular weight is 281 g/mol. The topological polar surface area (TPSA) is 43.9 Å². The van der Waals surface area contributed by atoms with Crippen LogP contribution in [0.3, 0.4) is 0 Å². The van der Waals surface area contributed by atoms with Gasteiger partial charge in [0.25, 0.3) is 0 Å². The highest BCUT2D eigenvalue weighted by Gasteiger charge is 2.25. The molecule has 1 aliphatic carbocycles. The van der Waals surface area contributed by atoms with Gasteiger partial charge in [0.15, 0.2) is 0 Å². The molecule has 1 aliphatic rings. The Labute approximate surface area is 123 Å². The van der Waals surface area contributed by atoms with Gasteiger partial charge in [0.05, 0.1) is 0 Å². The van der Waals surface area contributed by atoms with E-state index in [1.165, 1.54) is 30.2 Å². The first-order chi connectivity index (χ1) is 10.2. The van der Waals surface area contributed by atoms with Crippen molar-refractivity contribution in [1.29, 1.82) is 0 Å². The summed E-state index contributed by atoms with van der Waals surface area (Å²) in [7, 11) is 0. The molecule has 2 heterocycles. The third kappa shape index (κ3) is 2.06. The van der Waals surface area contributed by atoms with Crippen molar-refractivity contribution in [3.05, 3.63) is 36.4 Å². The predicted octanol–water partition coefficient (Wildman–Crippen LogP) is 4.54. The van der Waals surface area contributed by atoms with Crippen molar-refractivity contribution >= 4 is 10.9 Å². The van der Waals surface area contributed by atoms with E-state index in [1.54, 1.807) is 0 Å². The molecule has 0 bridgehead atoms. The third-order valence-corrected chi connectivity index (χ3v) is 4.43. The van der Waals surface area contributed by atoms with Crippen molar-refractivity contribution < 1.29 is 4.52 Å². The van der Waals surface area contributed by atoms with Crippen molar-refractivity contribution in [2.45, 2.75) is 45.1 Å². The molecule has 0 N–H and O–H groups in total. The maximum Gasteiger partial charge on any atom is 0.230 e. The van der Waals surface area contributed by atoms with Crippen LogP contribution in [0.1, 0.15) is 51.0 Å². The molecule has 0 aliphatic heterocycles. The monoisotopic (exact) mass is 281 g/mol. The maximum absolute atomic E-state index is 5.41. The SMILES string of the molecule is CC(C)n1ccc2cc(-c3noc(C4CCC4)n3)ccc21.